The van der Waals surface area contributed by atoms with Crippen molar-refractivity contribution in [2.45, 2.75) is 19.9 Å². The number of aromatic nitrogens is 1. The second-order valence-corrected chi connectivity index (χ2v) is 5.76. The number of nitrogens with zero attached hydrogens (tertiary/aromatic N) is 1. The third-order valence-electron chi connectivity index (χ3n) is 4.00. The number of Topliss-reactive ketones (excluding diaryl/α,β-unsaturated/α-hetero) is 1. The van der Waals surface area contributed by atoms with Crippen LogP contribution in [0.25, 0.3) is 10.9 Å². The lowest BCUT2D eigenvalue weighted by molar-refractivity contribution is 0.0934. The fourth-order valence-electron chi connectivity index (χ4n) is 2.55. The van der Waals surface area contributed by atoms with Crippen molar-refractivity contribution in [3.8, 4) is 0 Å². The molecule has 0 aliphatic rings. The zero-order valence-corrected chi connectivity index (χ0v) is 13.6. The number of amides is 1. The summed E-state index contributed by atoms with van der Waals surface area (Å²) in [6, 6.07) is 18.4. The molecule has 3 rings (SSSR count). The van der Waals surface area contributed by atoms with Gasteiger partial charge in [0.2, 0.25) is 0 Å². The fraction of sp³-hybridized carbons (Fsp3) is 0.150. The van der Waals surface area contributed by atoms with Gasteiger partial charge in [-0.05, 0) is 31.5 Å². The topological polar surface area (TPSA) is 59.1 Å². The van der Waals surface area contributed by atoms with Crippen LogP contribution in [0.2, 0.25) is 0 Å². The molecular weight excluding hydrogens is 300 g/mol. The van der Waals surface area contributed by atoms with Crippen LogP contribution < -0.4 is 5.32 Å². The molecule has 120 valence electrons. The maximum atomic E-state index is 12.4. The van der Waals surface area contributed by atoms with E-state index in [-0.39, 0.29) is 17.7 Å². The van der Waals surface area contributed by atoms with Gasteiger partial charge in [-0.25, -0.2) is 4.98 Å². The van der Waals surface area contributed by atoms with E-state index in [9.17, 15) is 9.59 Å². The molecule has 0 spiro atoms. The van der Waals surface area contributed by atoms with Crippen LogP contribution >= 0.6 is 0 Å². The summed E-state index contributed by atoms with van der Waals surface area (Å²) < 4.78 is 0. The number of fused-ring (bicyclic) bond motifs is 1. The molecule has 3 aromatic rings. The van der Waals surface area contributed by atoms with E-state index in [1.807, 2.05) is 49.4 Å². The largest absolute Gasteiger partial charge is 0.344 e. The number of rotatable bonds is 4. The van der Waals surface area contributed by atoms with Gasteiger partial charge in [0, 0.05) is 10.9 Å². The van der Waals surface area contributed by atoms with E-state index >= 15 is 0 Å². The van der Waals surface area contributed by atoms with Gasteiger partial charge in [-0.1, -0.05) is 48.5 Å². The molecule has 2 aromatic carbocycles. The third-order valence-corrected chi connectivity index (χ3v) is 4.00. The van der Waals surface area contributed by atoms with Crippen LogP contribution in [0, 0.1) is 0 Å². The molecule has 0 bridgehead atoms. The molecule has 0 aliphatic heterocycles. The summed E-state index contributed by atoms with van der Waals surface area (Å²) in [5.41, 5.74) is 2.78. The number of hydrogen-bond acceptors (Lipinski definition) is 3. The summed E-state index contributed by atoms with van der Waals surface area (Å²) in [7, 11) is 0. The molecule has 1 atom stereocenters. The number of carbonyl (C=O) groups excluding carboxylic acids is 2. The molecule has 0 radical (unpaired) electrons. The Morgan fingerprint density at radius 1 is 0.958 bits per heavy atom. The zero-order valence-electron chi connectivity index (χ0n) is 13.6. The number of pyridine rings is 1. The maximum Gasteiger partial charge on any atom is 0.270 e. The first-order chi connectivity index (χ1) is 11.5. The highest BCUT2D eigenvalue weighted by Crippen LogP contribution is 2.16. The molecule has 1 heterocycles. The molecule has 24 heavy (non-hydrogen) atoms. The average Bonchev–Trinajstić information content (AvgIpc) is 2.61. The average molecular weight is 318 g/mol. The molecular formula is C20H18N2O2. The van der Waals surface area contributed by atoms with Gasteiger partial charge in [0.05, 0.1) is 11.6 Å². The van der Waals surface area contributed by atoms with E-state index in [2.05, 4.69) is 10.3 Å². The Bertz CT molecular complexity index is 901. The Morgan fingerprint density at radius 3 is 2.38 bits per heavy atom. The fourth-order valence-corrected chi connectivity index (χ4v) is 2.55. The number of ketones is 1. The van der Waals surface area contributed by atoms with E-state index in [1.54, 1.807) is 18.2 Å². The molecule has 1 unspecified atom stereocenters. The van der Waals surface area contributed by atoms with Crippen LogP contribution in [0.15, 0.2) is 60.7 Å². The first kappa shape index (κ1) is 15.9. The third kappa shape index (κ3) is 3.33. The maximum absolute atomic E-state index is 12.4. The van der Waals surface area contributed by atoms with Crippen molar-refractivity contribution in [3.05, 3.63) is 77.5 Å². The quantitative estimate of drug-likeness (QED) is 0.742. The molecule has 4 nitrogen and oxygen atoms in total. The summed E-state index contributed by atoms with van der Waals surface area (Å²) in [6.45, 7) is 3.44. The van der Waals surface area contributed by atoms with E-state index in [0.29, 0.717) is 11.3 Å². The highest BCUT2D eigenvalue weighted by atomic mass is 16.2. The smallest absolute Gasteiger partial charge is 0.270 e. The number of hydrogen-bond donors (Lipinski definition) is 1. The normalized spacial score (nSPS) is 11.9. The van der Waals surface area contributed by atoms with Gasteiger partial charge < -0.3 is 5.32 Å². The Morgan fingerprint density at radius 2 is 1.67 bits per heavy atom. The SMILES string of the molecule is CC(=O)c1ccc(C(C)NC(=O)c2ccc3ccccc3n2)cc1. The van der Waals surface area contributed by atoms with Gasteiger partial charge in [0.25, 0.3) is 5.91 Å². The first-order valence-corrected chi connectivity index (χ1v) is 7.82. The summed E-state index contributed by atoms with van der Waals surface area (Å²) in [5, 5.41) is 3.94. The molecule has 0 fully saturated rings. The van der Waals surface area contributed by atoms with Gasteiger partial charge >= 0.3 is 0 Å². The van der Waals surface area contributed by atoms with Crippen molar-refractivity contribution < 1.29 is 9.59 Å². The van der Waals surface area contributed by atoms with Crippen LogP contribution in [0.5, 0.6) is 0 Å². The second-order valence-electron chi connectivity index (χ2n) is 5.76. The van der Waals surface area contributed by atoms with Crippen LogP contribution in [0.1, 0.15) is 46.3 Å². The van der Waals surface area contributed by atoms with Gasteiger partial charge in [0.15, 0.2) is 5.78 Å². The number of carbonyl (C=O) groups is 2. The van der Waals surface area contributed by atoms with Crippen molar-refractivity contribution >= 4 is 22.6 Å². The molecule has 1 N–H and O–H groups in total. The summed E-state index contributed by atoms with van der Waals surface area (Å²) in [5.74, 6) is -0.192. The van der Waals surface area contributed by atoms with Gasteiger partial charge in [0.1, 0.15) is 5.69 Å². The first-order valence-electron chi connectivity index (χ1n) is 7.82. The van der Waals surface area contributed by atoms with Crippen molar-refractivity contribution in [3.63, 3.8) is 0 Å². The van der Waals surface area contributed by atoms with Gasteiger partial charge in [-0.15, -0.1) is 0 Å². The Labute approximate surface area is 140 Å². The van der Waals surface area contributed by atoms with E-state index < -0.39 is 0 Å². The van der Waals surface area contributed by atoms with E-state index in [0.717, 1.165) is 16.5 Å². The zero-order chi connectivity index (χ0) is 17.1. The van der Waals surface area contributed by atoms with Crippen LogP contribution in [0.3, 0.4) is 0 Å². The van der Waals surface area contributed by atoms with Crippen molar-refractivity contribution in [1.29, 1.82) is 0 Å². The molecule has 4 heteroatoms. The standard InChI is InChI=1S/C20H18N2O2/c1-13(15-7-9-16(10-8-15)14(2)23)21-20(24)19-12-11-17-5-3-4-6-18(17)22-19/h3-13H,1-2H3,(H,21,24). The second kappa shape index (κ2) is 6.62. The number of para-hydroxylation sites is 1. The minimum Gasteiger partial charge on any atom is -0.344 e. The Kier molecular flexibility index (Phi) is 4.38. The summed E-state index contributed by atoms with van der Waals surface area (Å²) >= 11 is 0. The lowest BCUT2D eigenvalue weighted by atomic mass is 10.0. The molecule has 1 aromatic heterocycles. The summed E-state index contributed by atoms with van der Waals surface area (Å²) in [6.07, 6.45) is 0. The van der Waals surface area contributed by atoms with E-state index in [1.165, 1.54) is 6.92 Å². The van der Waals surface area contributed by atoms with Crippen LogP contribution in [-0.2, 0) is 0 Å². The van der Waals surface area contributed by atoms with Crippen LogP contribution in [0.4, 0.5) is 0 Å². The molecule has 0 saturated heterocycles. The van der Waals surface area contributed by atoms with E-state index in [4.69, 9.17) is 0 Å². The minimum absolute atomic E-state index is 0.0265. The Balaban J connectivity index is 1.76. The lowest BCUT2D eigenvalue weighted by Crippen LogP contribution is -2.27. The van der Waals surface area contributed by atoms with Gasteiger partial charge in [-0.3, -0.25) is 9.59 Å². The monoisotopic (exact) mass is 318 g/mol. The van der Waals surface area contributed by atoms with Crippen molar-refractivity contribution in [2.75, 3.05) is 0 Å². The summed E-state index contributed by atoms with van der Waals surface area (Å²) in [4.78, 5) is 28.1. The number of nitrogens with one attached hydrogen (secondary N) is 1. The number of benzene rings is 2. The predicted molar refractivity (Wildman–Crippen MR) is 94.1 cm³/mol. The lowest BCUT2D eigenvalue weighted by Gasteiger charge is -2.14. The van der Waals surface area contributed by atoms with Crippen molar-refractivity contribution in [2.24, 2.45) is 0 Å². The predicted octanol–water partition coefficient (Wildman–Crippen LogP) is 3.93. The van der Waals surface area contributed by atoms with Gasteiger partial charge in [-0.2, -0.15) is 0 Å². The Hall–Kier alpha value is -3.01. The highest BCUT2D eigenvalue weighted by Gasteiger charge is 2.13. The van der Waals surface area contributed by atoms with Crippen LogP contribution in [-0.4, -0.2) is 16.7 Å². The van der Waals surface area contributed by atoms with Crippen molar-refractivity contribution in [1.82, 2.24) is 10.3 Å². The highest BCUT2D eigenvalue weighted by molar-refractivity contribution is 5.95. The molecule has 1 amide bonds. The minimum atomic E-state index is -0.219. The molecule has 0 saturated carbocycles. The molecule has 0 aliphatic carbocycles.